The SMILES string of the molecule is COc1nc(CO)cc(C(F)F)c1Br. The molecule has 0 aliphatic heterocycles. The number of alkyl halides is 2. The molecular formula is C8H8BrF2NO2. The lowest BCUT2D eigenvalue weighted by Gasteiger charge is -2.09. The van der Waals surface area contributed by atoms with E-state index >= 15 is 0 Å². The molecular weight excluding hydrogens is 260 g/mol. The molecule has 6 heteroatoms. The Labute approximate surface area is 87.9 Å². The Kier molecular flexibility index (Phi) is 3.77. The zero-order valence-electron chi connectivity index (χ0n) is 7.30. The van der Waals surface area contributed by atoms with Crippen molar-refractivity contribution < 1.29 is 18.6 Å². The fourth-order valence-electron chi connectivity index (χ4n) is 0.953. The van der Waals surface area contributed by atoms with E-state index in [2.05, 4.69) is 20.9 Å². The van der Waals surface area contributed by atoms with Crippen molar-refractivity contribution in [2.24, 2.45) is 0 Å². The molecule has 1 heterocycles. The fourth-order valence-corrected chi connectivity index (χ4v) is 1.49. The Balaban J connectivity index is 3.27. The molecule has 0 saturated carbocycles. The summed E-state index contributed by atoms with van der Waals surface area (Å²) < 4.78 is 29.8. The van der Waals surface area contributed by atoms with Crippen LogP contribution in [0.5, 0.6) is 5.88 Å². The minimum atomic E-state index is -2.63. The lowest BCUT2D eigenvalue weighted by Crippen LogP contribution is -1.99. The molecule has 1 rings (SSSR count). The van der Waals surface area contributed by atoms with Gasteiger partial charge in [-0.2, -0.15) is 0 Å². The largest absolute Gasteiger partial charge is 0.480 e. The van der Waals surface area contributed by atoms with Crippen LogP contribution in [0, 0.1) is 0 Å². The van der Waals surface area contributed by atoms with Crippen LogP contribution in [0.25, 0.3) is 0 Å². The Morgan fingerprint density at radius 3 is 2.71 bits per heavy atom. The van der Waals surface area contributed by atoms with Gasteiger partial charge in [0.25, 0.3) is 6.43 Å². The number of nitrogens with zero attached hydrogens (tertiary/aromatic N) is 1. The molecule has 3 nitrogen and oxygen atoms in total. The van der Waals surface area contributed by atoms with Gasteiger partial charge in [0.2, 0.25) is 5.88 Å². The number of halogens is 3. The number of ether oxygens (including phenoxy) is 1. The van der Waals surface area contributed by atoms with Crippen LogP contribution >= 0.6 is 15.9 Å². The third-order valence-electron chi connectivity index (χ3n) is 1.60. The molecule has 1 aromatic rings. The molecule has 0 atom stereocenters. The van der Waals surface area contributed by atoms with Crippen LogP contribution in [0.4, 0.5) is 8.78 Å². The topological polar surface area (TPSA) is 42.4 Å². The minimum absolute atomic E-state index is 0.0480. The highest BCUT2D eigenvalue weighted by Crippen LogP contribution is 2.33. The van der Waals surface area contributed by atoms with Crippen LogP contribution in [-0.2, 0) is 6.61 Å². The van der Waals surface area contributed by atoms with Crippen molar-refractivity contribution >= 4 is 15.9 Å². The Bertz CT molecular complexity index is 333. The highest BCUT2D eigenvalue weighted by Gasteiger charge is 2.17. The van der Waals surface area contributed by atoms with Gasteiger partial charge in [-0.05, 0) is 22.0 Å². The van der Waals surface area contributed by atoms with Crippen molar-refractivity contribution in [3.8, 4) is 5.88 Å². The van der Waals surface area contributed by atoms with E-state index in [0.29, 0.717) is 0 Å². The minimum Gasteiger partial charge on any atom is -0.480 e. The van der Waals surface area contributed by atoms with Gasteiger partial charge in [0.1, 0.15) is 0 Å². The molecule has 0 fully saturated rings. The standard InChI is InChI=1S/C8H8BrF2NO2/c1-14-8-6(9)5(7(10)11)2-4(3-13)12-8/h2,7,13H,3H2,1H3. The fraction of sp³-hybridized carbons (Fsp3) is 0.375. The van der Waals surface area contributed by atoms with Crippen LogP contribution < -0.4 is 4.74 Å². The summed E-state index contributed by atoms with van der Waals surface area (Å²) in [5.74, 6) is 0.0480. The normalized spacial score (nSPS) is 10.7. The predicted octanol–water partition coefficient (Wildman–Crippen LogP) is 2.28. The van der Waals surface area contributed by atoms with Crippen LogP contribution in [0.1, 0.15) is 17.7 Å². The van der Waals surface area contributed by atoms with Crippen LogP contribution in [0.3, 0.4) is 0 Å². The van der Waals surface area contributed by atoms with Crippen molar-refractivity contribution in [2.45, 2.75) is 13.0 Å². The van der Waals surface area contributed by atoms with Gasteiger partial charge in [-0.1, -0.05) is 0 Å². The van der Waals surface area contributed by atoms with Gasteiger partial charge < -0.3 is 9.84 Å². The number of aliphatic hydroxyl groups is 1. The quantitative estimate of drug-likeness (QED) is 0.914. The summed E-state index contributed by atoms with van der Waals surface area (Å²) in [6.07, 6.45) is -2.63. The first-order valence-corrected chi connectivity index (χ1v) is 4.51. The van der Waals surface area contributed by atoms with E-state index in [9.17, 15) is 8.78 Å². The predicted molar refractivity (Wildman–Crippen MR) is 49.4 cm³/mol. The molecule has 14 heavy (non-hydrogen) atoms. The van der Waals surface area contributed by atoms with Gasteiger partial charge in [0.05, 0.1) is 23.9 Å². The van der Waals surface area contributed by atoms with E-state index in [1.54, 1.807) is 0 Å². The van der Waals surface area contributed by atoms with Gasteiger partial charge in [0, 0.05) is 5.56 Å². The number of hydrogen-bond donors (Lipinski definition) is 1. The first kappa shape index (κ1) is 11.3. The van der Waals surface area contributed by atoms with Crippen molar-refractivity contribution in [3.63, 3.8) is 0 Å². The van der Waals surface area contributed by atoms with Crippen LogP contribution in [0.2, 0.25) is 0 Å². The second-order valence-corrected chi connectivity index (χ2v) is 3.28. The number of aliphatic hydroxyl groups excluding tert-OH is 1. The number of aromatic nitrogens is 1. The average Bonchev–Trinajstić information content (AvgIpc) is 2.17. The maximum absolute atomic E-state index is 12.5. The summed E-state index contributed by atoms with van der Waals surface area (Å²) in [6, 6.07) is 1.14. The summed E-state index contributed by atoms with van der Waals surface area (Å²) in [5.41, 5.74) is -0.0822. The zero-order valence-corrected chi connectivity index (χ0v) is 8.88. The lowest BCUT2D eigenvalue weighted by molar-refractivity contribution is 0.149. The van der Waals surface area contributed by atoms with Gasteiger partial charge in [-0.25, -0.2) is 13.8 Å². The van der Waals surface area contributed by atoms with Crippen molar-refractivity contribution in [3.05, 3.63) is 21.8 Å². The first-order valence-electron chi connectivity index (χ1n) is 3.72. The molecule has 0 aliphatic rings. The molecule has 1 aromatic heterocycles. The second-order valence-electron chi connectivity index (χ2n) is 2.48. The summed E-state index contributed by atoms with van der Waals surface area (Å²) in [4.78, 5) is 3.80. The van der Waals surface area contributed by atoms with Crippen LogP contribution in [-0.4, -0.2) is 17.2 Å². The van der Waals surface area contributed by atoms with E-state index in [0.717, 1.165) is 6.07 Å². The lowest BCUT2D eigenvalue weighted by atomic mass is 10.2. The molecule has 0 aromatic carbocycles. The molecule has 78 valence electrons. The van der Waals surface area contributed by atoms with E-state index in [4.69, 9.17) is 9.84 Å². The smallest absolute Gasteiger partial charge is 0.265 e. The van der Waals surface area contributed by atoms with E-state index in [1.807, 2.05) is 0 Å². The monoisotopic (exact) mass is 267 g/mol. The van der Waals surface area contributed by atoms with Crippen molar-refractivity contribution in [1.29, 1.82) is 0 Å². The second kappa shape index (κ2) is 4.65. The maximum Gasteiger partial charge on any atom is 0.265 e. The van der Waals surface area contributed by atoms with Gasteiger partial charge in [0.15, 0.2) is 0 Å². The average molecular weight is 268 g/mol. The summed E-state index contributed by atoms with van der Waals surface area (Å²) in [6.45, 7) is -0.399. The molecule has 1 N–H and O–H groups in total. The molecule has 0 aliphatic carbocycles. The van der Waals surface area contributed by atoms with Gasteiger partial charge in [-0.3, -0.25) is 0 Å². The maximum atomic E-state index is 12.5. The number of rotatable bonds is 3. The van der Waals surface area contributed by atoms with Crippen LogP contribution in [0.15, 0.2) is 10.5 Å². The molecule has 0 spiro atoms. The summed E-state index contributed by atoms with van der Waals surface area (Å²) in [7, 11) is 1.32. The molecule has 0 bridgehead atoms. The third-order valence-corrected chi connectivity index (χ3v) is 2.40. The summed E-state index contributed by atoms with van der Waals surface area (Å²) >= 11 is 2.96. The highest BCUT2D eigenvalue weighted by molar-refractivity contribution is 9.10. The molecule has 0 radical (unpaired) electrons. The zero-order chi connectivity index (χ0) is 10.7. The van der Waals surface area contributed by atoms with E-state index in [1.165, 1.54) is 7.11 Å². The van der Waals surface area contributed by atoms with Gasteiger partial charge in [-0.15, -0.1) is 0 Å². The number of hydrogen-bond acceptors (Lipinski definition) is 3. The van der Waals surface area contributed by atoms with Crippen molar-refractivity contribution in [1.82, 2.24) is 4.98 Å². The molecule has 0 amide bonds. The Morgan fingerprint density at radius 2 is 2.29 bits per heavy atom. The molecule has 0 unspecified atom stereocenters. The summed E-state index contributed by atoms with van der Waals surface area (Å²) in [5, 5.41) is 8.78. The third kappa shape index (κ3) is 2.19. The first-order chi connectivity index (χ1) is 6.60. The van der Waals surface area contributed by atoms with Crippen molar-refractivity contribution in [2.75, 3.05) is 7.11 Å². The van der Waals surface area contributed by atoms with Gasteiger partial charge >= 0.3 is 0 Å². The number of pyridine rings is 1. The Hall–Kier alpha value is -0.750. The number of methoxy groups -OCH3 is 1. The Morgan fingerprint density at radius 1 is 1.64 bits per heavy atom. The molecule has 0 saturated heterocycles. The van der Waals surface area contributed by atoms with E-state index in [-0.39, 0.29) is 21.6 Å². The van der Waals surface area contributed by atoms with E-state index < -0.39 is 13.0 Å². The highest BCUT2D eigenvalue weighted by atomic mass is 79.9.